The Morgan fingerprint density at radius 2 is 1.83 bits per heavy atom. The number of halogens is 3. The molecule has 0 aliphatic heterocycles. The van der Waals surface area contributed by atoms with E-state index in [0.717, 1.165) is 11.8 Å². The van der Waals surface area contributed by atoms with Gasteiger partial charge in [0.05, 0.1) is 20.7 Å². The second-order valence-corrected chi connectivity index (χ2v) is 6.54. The van der Waals surface area contributed by atoms with Gasteiger partial charge in [-0.1, -0.05) is 40.9 Å². The van der Waals surface area contributed by atoms with Crippen molar-refractivity contribution in [3.63, 3.8) is 0 Å². The number of nitro groups is 1. The summed E-state index contributed by atoms with van der Waals surface area (Å²) in [6, 6.07) is 8.96. The first-order valence-electron chi connectivity index (χ1n) is 6.19. The first kappa shape index (κ1) is 17.9. The number of anilines is 1. The van der Waals surface area contributed by atoms with Crippen LogP contribution in [0.25, 0.3) is 0 Å². The minimum atomic E-state index is -0.593. The largest absolute Gasteiger partial charge is 0.320 e. The molecule has 5 nitrogen and oxygen atoms in total. The number of amides is 1. The number of nitrogens with zero attached hydrogens (tertiary/aromatic N) is 1. The number of benzene rings is 2. The lowest BCUT2D eigenvalue weighted by Crippen LogP contribution is -2.15. The number of hydrogen-bond acceptors (Lipinski definition) is 4. The van der Waals surface area contributed by atoms with Crippen LogP contribution in [-0.2, 0) is 4.79 Å². The van der Waals surface area contributed by atoms with E-state index in [0.29, 0.717) is 14.9 Å². The molecular weight excluding hydrogens is 383 g/mol. The Hall–Kier alpha value is -1.47. The van der Waals surface area contributed by atoms with Crippen molar-refractivity contribution in [3.8, 4) is 0 Å². The molecule has 1 N–H and O–H groups in total. The summed E-state index contributed by atoms with van der Waals surface area (Å²) < 4.78 is 0. The van der Waals surface area contributed by atoms with Crippen LogP contribution in [0.2, 0.25) is 15.1 Å². The van der Waals surface area contributed by atoms with Crippen molar-refractivity contribution in [3.05, 3.63) is 61.6 Å². The topological polar surface area (TPSA) is 72.2 Å². The molecule has 0 heterocycles. The van der Waals surface area contributed by atoms with Gasteiger partial charge in [0.15, 0.2) is 0 Å². The lowest BCUT2D eigenvalue weighted by Gasteiger charge is -2.08. The summed E-state index contributed by atoms with van der Waals surface area (Å²) in [5.74, 6) is -0.441. The van der Waals surface area contributed by atoms with Gasteiger partial charge in [-0.2, -0.15) is 0 Å². The van der Waals surface area contributed by atoms with Gasteiger partial charge in [0.1, 0.15) is 5.69 Å². The summed E-state index contributed by atoms with van der Waals surface area (Å²) >= 11 is 19.0. The summed E-state index contributed by atoms with van der Waals surface area (Å²) in [4.78, 5) is 22.9. The summed E-state index contributed by atoms with van der Waals surface area (Å²) in [7, 11) is 0. The summed E-state index contributed by atoms with van der Waals surface area (Å²) in [6.45, 7) is 0. The predicted octanol–water partition coefficient (Wildman–Crippen LogP) is 5.29. The van der Waals surface area contributed by atoms with E-state index in [-0.39, 0.29) is 22.2 Å². The van der Waals surface area contributed by atoms with Crippen LogP contribution in [0.1, 0.15) is 0 Å². The third-order valence-electron chi connectivity index (χ3n) is 2.70. The molecule has 0 fully saturated rings. The van der Waals surface area contributed by atoms with Gasteiger partial charge in [0.2, 0.25) is 5.91 Å². The highest BCUT2D eigenvalue weighted by atomic mass is 35.5. The number of nitro benzene ring substituents is 1. The van der Waals surface area contributed by atoms with E-state index in [2.05, 4.69) is 5.32 Å². The van der Waals surface area contributed by atoms with Crippen LogP contribution in [0.5, 0.6) is 0 Å². The van der Waals surface area contributed by atoms with Crippen LogP contribution in [0.3, 0.4) is 0 Å². The molecule has 0 radical (unpaired) electrons. The molecule has 2 rings (SSSR count). The number of carbonyl (C=O) groups is 1. The molecule has 0 unspecified atom stereocenters. The lowest BCUT2D eigenvalue weighted by molar-refractivity contribution is -0.383. The summed E-state index contributed by atoms with van der Waals surface area (Å²) in [5, 5.41) is 14.6. The minimum absolute atomic E-state index is 0.00682. The maximum Gasteiger partial charge on any atom is 0.292 e. The van der Waals surface area contributed by atoms with Crippen molar-refractivity contribution in [1.29, 1.82) is 0 Å². The van der Waals surface area contributed by atoms with Crippen LogP contribution in [0.15, 0.2) is 41.3 Å². The number of nitrogens with one attached hydrogen (secondary N) is 1. The molecular formula is C14H9Cl3N2O3S. The fraction of sp³-hybridized carbons (Fsp3) is 0.0714. The Morgan fingerprint density at radius 3 is 2.43 bits per heavy atom. The van der Waals surface area contributed by atoms with Gasteiger partial charge in [-0.3, -0.25) is 14.9 Å². The van der Waals surface area contributed by atoms with Gasteiger partial charge in [-0.25, -0.2) is 0 Å². The molecule has 0 aromatic heterocycles. The zero-order chi connectivity index (χ0) is 17.0. The van der Waals surface area contributed by atoms with Gasteiger partial charge in [-0.15, -0.1) is 11.8 Å². The van der Waals surface area contributed by atoms with Gasteiger partial charge >= 0.3 is 0 Å². The quantitative estimate of drug-likeness (QED) is 0.427. The molecule has 0 spiro atoms. The second-order valence-electron chi connectivity index (χ2n) is 4.31. The molecule has 9 heteroatoms. The highest BCUT2D eigenvalue weighted by molar-refractivity contribution is 8.00. The highest BCUT2D eigenvalue weighted by Crippen LogP contribution is 2.34. The Bertz CT molecular complexity index is 751. The van der Waals surface area contributed by atoms with Gasteiger partial charge in [0.25, 0.3) is 5.69 Å². The second kappa shape index (κ2) is 7.88. The number of hydrogen-bond donors (Lipinski definition) is 1. The standard InChI is InChI=1S/C14H9Cl3N2O3S/c15-8-4-5-12(19(21)22)11(6-8)18-13(20)7-23-14-9(16)2-1-3-10(14)17/h1-6H,7H2,(H,18,20). The normalized spacial score (nSPS) is 10.4. The van der Waals surface area contributed by atoms with E-state index in [1.54, 1.807) is 18.2 Å². The van der Waals surface area contributed by atoms with Gasteiger partial charge in [0, 0.05) is 16.0 Å². The molecule has 0 saturated carbocycles. The summed E-state index contributed by atoms with van der Waals surface area (Å²) in [6.07, 6.45) is 0. The van der Waals surface area contributed by atoms with Crippen molar-refractivity contribution < 1.29 is 9.72 Å². The summed E-state index contributed by atoms with van der Waals surface area (Å²) in [5.41, 5.74) is -0.193. The SMILES string of the molecule is O=C(CSc1c(Cl)cccc1Cl)Nc1cc(Cl)ccc1[N+](=O)[O-]. The van der Waals surface area contributed by atoms with Crippen LogP contribution in [0.4, 0.5) is 11.4 Å². The third kappa shape index (κ3) is 4.75. The smallest absolute Gasteiger partial charge is 0.292 e. The Labute approximate surface area is 151 Å². The van der Waals surface area contributed by atoms with Crippen LogP contribution < -0.4 is 5.32 Å². The zero-order valence-corrected chi connectivity index (χ0v) is 14.5. The maximum atomic E-state index is 12.0. The van der Waals surface area contributed by atoms with E-state index in [1.165, 1.54) is 18.2 Å². The van der Waals surface area contributed by atoms with Crippen molar-refractivity contribution in [1.82, 2.24) is 0 Å². The molecule has 0 aliphatic carbocycles. The highest BCUT2D eigenvalue weighted by Gasteiger charge is 2.17. The van der Waals surface area contributed by atoms with Crippen LogP contribution in [0, 0.1) is 10.1 Å². The molecule has 120 valence electrons. The molecule has 0 bridgehead atoms. The third-order valence-corrected chi connectivity index (χ3v) is 4.92. The van der Waals surface area contributed by atoms with Crippen LogP contribution >= 0.6 is 46.6 Å². The first-order valence-corrected chi connectivity index (χ1v) is 8.31. The lowest BCUT2D eigenvalue weighted by atomic mass is 10.2. The van der Waals surface area contributed by atoms with E-state index >= 15 is 0 Å². The minimum Gasteiger partial charge on any atom is -0.320 e. The first-order chi connectivity index (χ1) is 10.9. The molecule has 0 aliphatic rings. The number of thioether (sulfide) groups is 1. The Balaban J connectivity index is 2.09. The Kier molecular flexibility index (Phi) is 6.12. The maximum absolute atomic E-state index is 12.0. The zero-order valence-electron chi connectivity index (χ0n) is 11.4. The number of carbonyl (C=O) groups excluding carboxylic acids is 1. The van der Waals surface area contributed by atoms with Crippen LogP contribution in [-0.4, -0.2) is 16.6 Å². The van der Waals surface area contributed by atoms with E-state index in [1.807, 2.05) is 0 Å². The van der Waals surface area contributed by atoms with Crippen molar-refractivity contribution in [2.45, 2.75) is 4.90 Å². The van der Waals surface area contributed by atoms with Crippen molar-refractivity contribution in [2.75, 3.05) is 11.1 Å². The fourth-order valence-electron chi connectivity index (χ4n) is 1.71. The predicted molar refractivity (Wildman–Crippen MR) is 93.9 cm³/mol. The van der Waals surface area contributed by atoms with Gasteiger partial charge in [-0.05, 0) is 24.3 Å². The number of rotatable bonds is 5. The van der Waals surface area contributed by atoms with Gasteiger partial charge < -0.3 is 5.32 Å². The molecule has 1 amide bonds. The molecule has 0 atom stereocenters. The monoisotopic (exact) mass is 390 g/mol. The van der Waals surface area contributed by atoms with E-state index in [9.17, 15) is 14.9 Å². The molecule has 0 saturated heterocycles. The Morgan fingerprint density at radius 1 is 1.17 bits per heavy atom. The van der Waals surface area contributed by atoms with E-state index < -0.39 is 10.8 Å². The average Bonchev–Trinajstić information content (AvgIpc) is 2.46. The fourth-order valence-corrected chi connectivity index (χ4v) is 3.37. The van der Waals surface area contributed by atoms with Crippen molar-refractivity contribution in [2.24, 2.45) is 0 Å². The molecule has 23 heavy (non-hydrogen) atoms. The van der Waals surface area contributed by atoms with E-state index in [4.69, 9.17) is 34.8 Å². The molecule has 2 aromatic carbocycles. The average molecular weight is 392 g/mol. The molecule has 2 aromatic rings. The van der Waals surface area contributed by atoms with Crippen molar-refractivity contribution >= 4 is 63.8 Å².